The first kappa shape index (κ1) is 19.6. The van der Waals surface area contributed by atoms with E-state index >= 15 is 0 Å². The Balaban J connectivity index is 2.09. The van der Waals surface area contributed by atoms with Crippen LogP contribution in [0.5, 0.6) is 11.5 Å². The Morgan fingerprint density at radius 1 is 1.18 bits per heavy atom. The molecule has 1 unspecified atom stereocenters. The summed E-state index contributed by atoms with van der Waals surface area (Å²) in [7, 11) is 1.69. The van der Waals surface area contributed by atoms with Gasteiger partial charge in [0.1, 0.15) is 17.6 Å². The summed E-state index contributed by atoms with van der Waals surface area (Å²) in [6, 6.07) is 6.32. The van der Waals surface area contributed by atoms with Gasteiger partial charge in [0, 0.05) is 16.8 Å². The Morgan fingerprint density at radius 2 is 1.93 bits per heavy atom. The highest BCUT2D eigenvalue weighted by atomic mass is 79.9. The molecule has 2 aliphatic heterocycles. The minimum absolute atomic E-state index is 0.0847. The SMILES string of the molecule is CC=CC1Oc2c(Br)cc(Br)c(OC)c2-c2ccc3c(c21)C(C)=CC(C)(C)N3. The van der Waals surface area contributed by atoms with E-state index in [0.717, 1.165) is 37.3 Å². The molecule has 1 atom stereocenters. The molecule has 0 fully saturated rings. The van der Waals surface area contributed by atoms with Gasteiger partial charge in [0.05, 0.1) is 27.2 Å². The van der Waals surface area contributed by atoms with Gasteiger partial charge in [0.15, 0.2) is 0 Å². The van der Waals surface area contributed by atoms with Gasteiger partial charge in [-0.3, -0.25) is 0 Å². The Kier molecular flexibility index (Phi) is 4.87. The molecule has 4 rings (SSSR count). The van der Waals surface area contributed by atoms with Crippen LogP contribution in [0.25, 0.3) is 16.7 Å². The zero-order chi connectivity index (χ0) is 20.2. The summed E-state index contributed by atoms with van der Waals surface area (Å²) in [5.41, 5.74) is 6.80. The molecule has 0 aromatic heterocycles. The molecule has 0 bridgehead atoms. The molecule has 0 radical (unpaired) electrons. The van der Waals surface area contributed by atoms with Crippen molar-refractivity contribution >= 4 is 43.1 Å². The van der Waals surface area contributed by atoms with Crippen molar-refractivity contribution < 1.29 is 9.47 Å². The van der Waals surface area contributed by atoms with E-state index in [2.05, 4.69) is 82.2 Å². The third kappa shape index (κ3) is 3.00. The van der Waals surface area contributed by atoms with E-state index in [0.29, 0.717) is 0 Å². The number of rotatable bonds is 2. The average molecular weight is 505 g/mol. The Bertz CT molecular complexity index is 1040. The second-order valence-electron chi connectivity index (χ2n) is 7.77. The number of allylic oxidation sites excluding steroid dienone is 2. The quantitative estimate of drug-likeness (QED) is 0.429. The minimum atomic E-state index is -0.170. The van der Waals surface area contributed by atoms with E-state index in [4.69, 9.17) is 9.47 Å². The van der Waals surface area contributed by atoms with E-state index in [1.807, 2.05) is 19.1 Å². The summed E-state index contributed by atoms with van der Waals surface area (Å²) in [5.74, 6) is 1.59. The Hall–Kier alpha value is -1.72. The van der Waals surface area contributed by atoms with Crippen molar-refractivity contribution in [3.63, 3.8) is 0 Å². The maximum atomic E-state index is 6.50. The van der Waals surface area contributed by atoms with Crippen LogP contribution in [0, 0.1) is 0 Å². The lowest BCUT2D eigenvalue weighted by Gasteiger charge is -2.37. The van der Waals surface area contributed by atoms with Gasteiger partial charge in [-0.15, -0.1) is 0 Å². The van der Waals surface area contributed by atoms with Crippen molar-refractivity contribution in [1.29, 1.82) is 0 Å². The molecule has 0 aliphatic carbocycles. The molecule has 2 aromatic rings. The van der Waals surface area contributed by atoms with Crippen LogP contribution < -0.4 is 14.8 Å². The van der Waals surface area contributed by atoms with Crippen molar-refractivity contribution in [3.8, 4) is 22.6 Å². The topological polar surface area (TPSA) is 30.5 Å². The Labute approximate surface area is 183 Å². The van der Waals surface area contributed by atoms with E-state index in [9.17, 15) is 0 Å². The third-order valence-corrected chi connectivity index (χ3v) is 6.36. The maximum Gasteiger partial charge on any atom is 0.146 e. The maximum absolute atomic E-state index is 6.50. The number of ether oxygens (including phenoxy) is 2. The lowest BCUT2D eigenvalue weighted by atomic mass is 9.81. The summed E-state index contributed by atoms with van der Waals surface area (Å²) < 4.78 is 14.1. The van der Waals surface area contributed by atoms with Gasteiger partial charge in [-0.05, 0) is 88.9 Å². The molecule has 5 heteroatoms. The molecule has 146 valence electrons. The highest BCUT2D eigenvalue weighted by molar-refractivity contribution is 9.11. The molecule has 3 nitrogen and oxygen atoms in total. The summed E-state index contributed by atoms with van der Waals surface area (Å²) in [5, 5.41) is 3.65. The molecule has 2 aliphatic rings. The fraction of sp³-hybridized carbons (Fsp3) is 0.304. The van der Waals surface area contributed by atoms with Crippen molar-refractivity contribution in [1.82, 2.24) is 0 Å². The van der Waals surface area contributed by atoms with Crippen LogP contribution in [0.3, 0.4) is 0 Å². The average Bonchev–Trinajstić information content (AvgIpc) is 2.61. The summed E-state index contributed by atoms with van der Waals surface area (Å²) in [4.78, 5) is 0. The number of anilines is 1. The van der Waals surface area contributed by atoms with Crippen molar-refractivity contribution in [2.24, 2.45) is 0 Å². The summed E-state index contributed by atoms with van der Waals surface area (Å²) in [6.45, 7) is 8.57. The van der Waals surface area contributed by atoms with Gasteiger partial charge in [-0.1, -0.05) is 18.2 Å². The van der Waals surface area contributed by atoms with Crippen molar-refractivity contribution in [3.05, 3.63) is 56.5 Å². The molecule has 1 N–H and O–H groups in total. The largest absolute Gasteiger partial charge is 0.495 e. The third-order valence-electron chi connectivity index (χ3n) is 5.19. The van der Waals surface area contributed by atoms with Gasteiger partial charge in [0.25, 0.3) is 0 Å². The first-order valence-corrected chi connectivity index (χ1v) is 10.9. The highest BCUT2D eigenvalue weighted by Crippen LogP contribution is 2.56. The molecule has 0 amide bonds. The molecule has 2 heterocycles. The lowest BCUT2D eigenvalue weighted by Crippen LogP contribution is -2.32. The minimum Gasteiger partial charge on any atom is -0.495 e. The van der Waals surface area contributed by atoms with E-state index in [1.165, 1.54) is 16.7 Å². The summed E-state index contributed by atoms with van der Waals surface area (Å²) in [6.07, 6.45) is 6.26. The lowest BCUT2D eigenvalue weighted by molar-refractivity contribution is 0.248. The van der Waals surface area contributed by atoms with Gasteiger partial charge in [-0.2, -0.15) is 0 Å². The van der Waals surface area contributed by atoms with Crippen LogP contribution in [0.1, 0.15) is 44.9 Å². The van der Waals surface area contributed by atoms with Gasteiger partial charge in [0.2, 0.25) is 0 Å². The first-order chi connectivity index (χ1) is 13.3. The zero-order valence-corrected chi connectivity index (χ0v) is 19.8. The number of nitrogens with one attached hydrogen (secondary N) is 1. The van der Waals surface area contributed by atoms with Crippen molar-refractivity contribution in [2.45, 2.75) is 39.3 Å². The number of methoxy groups -OCH3 is 1. The number of halogens is 2. The molecule has 0 saturated heterocycles. The predicted molar refractivity (Wildman–Crippen MR) is 123 cm³/mol. The van der Waals surface area contributed by atoms with Crippen LogP contribution in [0.2, 0.25) is 0 Å². The number of benzene rings is 2. The molecule has 2 aromatic carbocycles. The molecule has 28 heavy (non-hydrogen) atoms. The normalized spacial score (nSPS) is 19.1. The highest BCUT2D eigenvalue weighted by Gasteiger charge is 2.35. The van der Waals surface area contributed by atoms with E-state index in [1.54, 1.807) is 7.11 Å². The van der Waals surface area contributed by atoms with E-state index in [-0.39, 0.29) is 11.6 Å². The number of hydrogen-bond donors (Lipinski definition) is 1. The van der Waals surface area contributed by atoms with Gasteiger partial charge in [-0.25, -0.2) is 0 Å². The van der Waals surface area contributed by atoms with Crippen LogP contribution in [-0.4, -0.2) is 12.6 Å². The van der Waals surface area contributed by atoms with E-state index < -0.39 is 0 Å². The Morgan fingerprint density at radius 3 is 2.61 bits per heavy atom. The molecule has 0 saturated carbocycles. The molecular weight excluding hydrogens is 482 g/mol. The van der Waals surface area contributed by atoms with Crippen LogP contribution >= 0.6 is 31.9 Å². The molecule has 0 spiro atoms. The first-order valence-electron chi connectivity index (χ1n) is 9.28. The summed E-state index contributed by atoms with van der Waals surface area (Å²) >= 11 is 7.31. The smallest absolute Gasteiger partial charge is 0.146 e. The van der Waals surface area contributed by atoms with Crippen molar-refractivity contribution in [2.75, 3.05) is 12.4 Å². The van der Waals surface area contributed by atoms with Gasteiger partial charge < -0.3 is 14.8 Å². The molecular formula is C23H23Br2NO2. The van der Waals surface area contributed by atoms with Gasteiger partial charge >= 0.3 is 0 Å². The standard InChI is InChI=1S/C23H23Br2NO2/c1-6-7-17-19-13(8-9-16-18(19)12(2)11-23(3,4)26-16)20-21(27-5)14(24)10-15(25)22(20)28-17/h6-11,17,26H,1-5H3. The van der Waals surface area contributed by atoms with Crippen LogP contribution in [0.15, 0.2) is 45.4 Å². The monoisotopic (exact) mass is 503 g/mol. The second kappa shape index (κ2) is 6.96. The fourth-order valence-electron chi connectivity index (χ4n) is 4.30. The predicted octanol–water partition coefficient (Wildman–Crippen LogP) is 7.50. The van der Waals surface area contributed by atoms with Crippen LogP contribution in [0.4, 0.5) is 5.69 Å². The number of hydrogen-bond acceptors (Lipinski definition) is 3. The fourth-order valence-corrected chi connectivity index (χ4v) is 5.72. The van der Waals surface area contributed by atoms with Crippen LogP contribution in [-0.2, 0) is 0 Å². The number of fused-ring (bicyclic) bond motifs is 5. The zero-order valence-electron chi connectivity index (χ0n) is 16.6. The second-order valence-corrected chi connectivity index (χ2v) is 9.47.